The summed E-state index contributed by atoms with van der Waals surface area (Å²) in [6, 6.07) is 0. The van der Waals surface area contributed by atoms with Crippen LogP contribution in [-0.4, -0.2) is 11.1 Å². The zero-order valence-corrected chi connectivity index (χ0v) is 8.99. The zero-order chi connectivity index (χ0) is 9.41. The van der Waals surface area contributed by atoms with Crippen molar-refractivity contribution in [2.24, 2.45) is 0 Å². The molecule has 1 aliphatic rings. The van der Waals surface area contributed by atoms with Gasteiger partial charge in [-0.05, 0) is 40.5 Å². The van der Waals surface area contributed by atoms with Gasteiger partial charge in [0.1, 0.15) is 0 Å². The molecule has 0 saturated carbocycles. The normalized spacial score (nSPS) is 26.6. The highest BCUT2D eigenvalue weighted by Crippen LogP contribution is 2.28. The van der Waals surface area contributed by atoms with Crippen molar-refractivity contribution in [2.75, 3.05) is 0 Å². The van der Waals surface area contributed by atoms with Gasteiger partial charge in [-0.2, -0.15) is 0 Å². The molecule has 0 aromatic rings. The highest BCUT2D eigenvalue weighted by atomic mass is 15.0. The second-order valence-electron chi connectivity index (χ2n) is 5.06. The van der Waals surface area contributed by atoms with E-state index < -0.39 is 0 Å². The van der Waals surface area contributed by atoms with Crippen LogP contribution in [0.3, 0.4) is 0 Å². The van der Waals surface area contributed by atoms with Crippen molar-refractivity contribution in [3.8, 4) is 0 Å². The summed E-state index contributed by atoms with van der Waals surface area (Å²) in [5.74, 6) is 0. The number of hydrogen-bond acceptors (Lipinski definition) is 1. The zero-order valence-electron chi connectivity index (χ0n) is 8.99. The van der Waals surface area contributed by atoms with Crippen LogP contribution in [0.1, 0.15) is 47.5 Å². The molecule has 1 rings (SSSR count). The molecule has 0 spiro atoms. The first kappa shape index (κ1) is 9.79. The van der Waals surface area contributed by atoms with Crippen molar-refractivity contribution in [2.45, 2.75) is 58.5 Å². The average Bonchev–Trinajstić information content (AvgIpc) is 1.80. The van der Waals surface area contributed by atoms with Gasteiger partial charge in [-0.25, -0.2) is 0 Å². The van der Waals surface area contributed by atoms with Crippen molar-refractivity contribution in [3.63, 3.8) is 0 Å². The van der Waals surface area contributed by atoms with Gasteiger partial charge in [0, 0.05) is 11.1 Å². The number of rotatable bonds is 1. The Hall–Kier alpha value is -0.300. The molecule has 0 fully saturated rings. The third kappa shape index (κ3) is 2.34. The highest BCUT2D eigenvalue weighted by Gasteiger charge is 2.30. The summed E-state index contributed by atoms with van der Waals surface area (Å²) in [6.45, 7) is 11.3. The van der Waals surface area contributed by atoms with Gasteiger partial charge >= 0.3 is 0 Å². The predicted molar refractivity (Wildman–Crippen MR) is 54.3 cm³/mol. The second kappa shape index (κ2) is 2.88. The fraction of sp³-hybridized carbons (Fsp3) is 0.818. The Kier molecular flexibility index (Phi) is 2.35. The molecule has 0 radical (unpaired) electrons. The molecule has 1 heterocycles. The van der Waals surface area contributed by atoms with E-state index in [9.17, 15) is 0 Å². The Labute approximate surface area is 76.2 Å². The van der Waals surface area contributed by atoms with Crippen LogP contribution in [-0.2, 0) is 0 Å². The molecule has 0 aromatic carbocycles. The van der Waals surface area contributed by atoms with E-state index in [1.165, 1.54) is 12.8 Å². The molecule has 1 aliphatic heterocycles. The van der Waals surface area contributed by atoms with Gasteiger partial charge in [0.25, 0.3) is 0 Å². The Morgan fingerprint density at radius 1 is 1.33 bits per heavy atom. The average molecular weight is 167 g/mol. The molecule has 70 valence electrons. The lowest BCUT2D eigenvalue weighted by Gasteiger charge is -2.41. The van der Waals surface area contributed by atoms with Crippen molar-refractivity contribution >= 4 is 0 Å². The van der Waals surface area contributed by atoms with Crippen molar-refractivity contribution in [1.29, 1.82) is 0 Å². The monoisotopic (exact) mass is 167 g/mol. The summed E-state index contributed by atoms with van der Waals surface area (Å²) >= 11 is 0. The first-order valence-corrected chi connectivity index (χ1v) is 4.85. The molecule has 0 aromatic heterocycles. The standard InChI is InChI=1S/C11H21N/c1-6-9-7-10(2,3)12-11(4,5)8-9/h7,12H,6,8H2,1-5H3. The molecular formula is C11H21N. The maximum Gasteiger partial charge on any atom is 0.0314 e. The van der Waals surface area contributed by atoms with Crippen LogP contribution < -0.4 is 5.32 Å². The predicted octanol–water partition coefficient (Wildman–Crippen LogP) is 2.87. The van der Waals surface area contributed by atoms with E-state index in [-0.39, 0.29) is 11.1 Å². The van der Waals surface area contributed by atoms with Crippen LogP contribution >= 0.6 is 0 Å². The van der Waals surface area contributed by atoms with Gasteiger partial charge < -0.3 is 5.32 Å². The van der Waals surface area contributed by atoms with Gasteiger partial charge in [-0.1, -0.05) is 18.6 Å². The van der Waals surface area contributed by atoms with E-state index in [4.69, 9.17) is 0 Å². The summed E-state index contributed by atoms with van der Waals surface area (Å²) < 4.78 is 0. The minimum Gasteiger partial charge on any atom is -0.303 e. The smallest absolute Gasteiger partial charge is 0.0314 e. The molecule has 1 N–H and O–H groups in total. The quantitative estimate of drug-likeness (QED) is 0.592. The van der Waals surface area contributed by atoms with E-state index in [2.05, 4.69) is 46.0 Å². The minimum atomic E-state index is 0.174. The van der Waals surface area contributed by atoms with Crippen molar-refractivity contribution in [3.05, 3.63) is 11.6 Å². The molecule has 12 heavy (non-hydrogen) atoms. The van der Waals surface area contributed by atoms with Gasteiger partial charge in [-0.3, -0.25) is 0 Å². The summed E-state index contributed by atoms with van der Waals surface area (Å²) in [4.78, 5) is 0. The summed E-state index contributed by atoms with van der Waals surface area (Å²) in [7, 11) is 0. The van der Waals surface area contributed by atoms with Crippen LogP contribution in [0.15, 0.2) is 11.6 Å². The maximum absolute atomic E-state index is 3.62. The lowest BCUT2D eigenvalue weighted by atomic mass is 9.83. The topological polar surface area (TPSA) is 12.0 Å². The summed E-state index contributed by atoms with van der Waals surface area (Å²) in [6.07, 6.45) is 4.75. The SMILES string of the molecule is CCC1=CC(C)(C)NC(C)(C)C1. The van der Waals surface area contributed by atoms with Crippen molar-refractivity contribution in [1.82, 2.24) is 5.32 Å². The largest absolute Gasteiger partial charge is 0.303 e. The van der Waals surface area contributed by atoms with Gasteiger partial charge in [0.2, 0.25) is 0 Å². The Balaban J connectivity index is 2.86. The first-order valence-electron chi connectivity index (χ1n) is 4.85. The van der Waals surface area contributed by atoms with Gasteiger partial charge in [-0.15, -0.1) is 0 Å². The third-order valence-corrected chi connectivity index (χ3v) is 2.35. The molecule has 0 saturated heterocycles. The van der Waals surface area contributed by atoms with Crippen LogP contribution in [0.5, 0.6) is 0 Å². The third-order valence-electron chi connectivity index (χ3n) is 2.35. The summed E-state index contributed by atoms with van der Waals surface area (Å²) in [5, 5.41) is 3.62. The van der Waals surface area contributed by atoms with Gasteiger partial charge in [0.05, 0.1) is 0 Å². The van der Waals surface area contributed by atoms with Crippen molar-refractivity contribution < 1.29 is 0 Å². The van der Waals surface area contributed by atoms with Crippen LogP contribution in [0.2, 0.25) is 0 Å². The van der Waals surface area contributed by atoms with E-state index in [0.29, 0.717) is 0 Å². The molecule has 1 nitrogen and oxygen atoms in total. The number of hydrogen-bond donors (Lipinski definition) is 1. The van der Waals surface area contributed by atoms with E-state index in [0.717, 1.165) is 0 Å². The van der Waals surface area contributed by atoms with E-state index in [1.54, 1.807) is 5.57 Å². The highest BCUT2D eigenvalue weighted by molar-refractivity contribution is 5.20. The van der Waals surface area contributed by atoms with Crippen LogP contribution in [0.4, 0.5) is 0 Å². The van der Waals surface area contributed by atoms with Crippen LogP contribution in [0.25, 0.3) is 0 Å². The Morgan fingerprint density at radius 2 is 1.92 bits per heavy atom. The first-order chi connectivity index (χ1) is 5.35. The molecule has 0 amide bonds. The Morgan fingerprint density at radius 3 is 2.33 bits per heavy atom. The van der Waals surface area contributed by atoms with E-state index in [1.807, 2.05) is 0 Å². The minimum absolute atomic E-state index is 0.174. The molecule has 0 atom stereocenters. The molecule has 1 heteroatoms. The van der Waals surface area contributed by atoms with E-state index >= 15 is 0 Å². The fourth-order valence-corrected chi connectivity index (χ4v) is 2.31. The number of nitrogens with one attached hydrogen (secondary N) is 1. The van der Waals surface area contributed by atoms with Gasteiger partial charge in [0.15, 0.2) is 0 Å². The molecule has 0 bridgehead atoms. The second-order valence-corrected chi connectivity index (χ2v) is 5.06. The summed E-state index contributed by atoms with van der Waals surface area (Å²) in [5.41, 5.74) is 2.03. The lowest BCUT2D eigenvalue weighted by molar-refractivity contribution is 0.281. The molecule has 0 unspecified atom stereocenters. The maximum atomic E-state index is 3.62. The fourth-order valence-electron chi connectivity index (χ4n) is 2.31. The molecular weight excluding hydrogens is 146 g/mol. The lowest BCUT2D eigenvalue weighted by Crippen LogP contribution is -2.54. The molecule has 0 aliphatic carbocycles. The van der Waals surface area contributed by atoms with Crippen LogP contribution in [0, 0.1) is 0 Å². The Bertz CT molecular complexity index is 199.